The van der Waals surface area contributed by atoms with E-state index in [9.17, 15) is 0 Å². The first kappa shape index (κ1) is 16.8. The number of rotatable bonds is 9. The summed E-state index contributed by atoms with van der Waals surface area (Å²) >= 11 is 0. The average molecular weight is 279 g/mol. The van der Waals surface area contributed by atoms with E-state index >= 15 is 0 Å². The third-order valence-corrected chi connectivity index (χ3v) is 3.72. The van der Waals surface area contributed by atoms with Crippen molar-refractivity contribution in [3.8, 4) is 11.5 Å². The van der Waals surface area contributed by atoms with Gasteiger partial charge in [0.05, 0.1) is 7.11 Å². The van der Waals surface area contributed by atoms with Crippen molar-refractivity contribution in [2.75, 3.05) is 20.3 Å². The van der Waals surface area contributed by atoms with Crippen molar-refractivity contribution >= 4 is 0 Å². The van der Waals surface area contributed by atoms with Gasteiger partial charge >= 0.3 is 0 Å². The van der Waals surface area contributed by atoms with Crippen molar-refractivity contribution in [1.82, 2.24) is 5.32 Å². The third kappa shape index (κ3) is 5.04. The van der Waals surface area contributed by atoms with E-state index in [4.69, 9.17) is 9.47 Å². The predicted molar refractivity (Wildman–Crippen MR) is 84.8 cm³/mol. The molecule has 0 fully saturated rings. The molecule has 0 bridgehead atoms. The van der Waals surface area contributed by atoms with Gasteiger partial charge in [-0.2, -0.15) is 0 Å². The minimum atomic E-state index is 0.381. The molecule has 20 heavy (non-hydrogen) atoms. The van der Waals surface area contributed by atoms with E-state index in [2.05, 4.69) is 39.1 Å². The summed E-state index contributed by atoms with van der Waals surface area (Å²) in [5.41, 5.74) is 1.18. The standard InChI is InChI=1S/C17H29NO2/c1-6-10-18-15(14(4)7-2)12-20-16-9-8-13(3)11-17(16)19-5/h8-9,11,14-15,18H,6-7,10,12H2,1-5H3. The molecule has 114 valence electrons. The van der Waals surface area contributed by atoms with Gasteiger partial charge in [-0.25, -0.2) is 0 Å². The van der Waals surface area contributed by atoms with Crippen molar-refractivity contribution in [3.05, 3.63) is 23.8 Å². The highest BCUT2D eigenvalue weighted by molar-refractivity contribution is 5.42. The summed E-state index contributed by atoms with van der Waals surface area (Å²) in [6, 6.07) is 6.43. The summed E-state index contributed by atoms with van der Waals surface area (Å²) in [5.74, 6) is 2.23. The molecule has 0 saturated carbocycles. The van der Waals surface area contributed by atoms with Gasteiger partial charge in [0.1, 0.15) is 6.61 Å². The van der Waals surface area contributed by atoms with Crippen LogP contribution in [0.2, 0.25) is 0 Å². The predicted octanol–water partition coefficient (Wildman–Crippen LogP) is 3.80. The van der Waals surface area contributed by atoms with Crippen LogP contribution in [0.25, 0.3) is 0 Å². The van der Waals surface area contributed by atoms with E-state index in [0.717, 1.165) is 30.9 Å². The van der Waals surface area contributed by atoms with Crippen LogP contribution < -0.4 is 14.8 Å². The molecule has 1 aromatic carbocycles. The van der Waals surface area contributed by atoms with Gasteiger partial charge in [0.25, 0.3) is 0 Å². The van der Waals surface area contributed by atoms with E-state index in [-0.39, 0.29) is 0 Å². The lowest BCUT2D eigenvalue weighted by atomic mass is 10.00. The second-order valence-corrected chi connectivity index (χ2v) is 5.41. The number of benzene rings is 1. The van der Waals surface area contributed by atoms with Crippen molar-refractivity contribution in [2.24, 2.45) is 5.92 Å². The summed E-state index contributed by atoms with van der Waals surface area (Å²) < 4.78 is 11.4. The molecule has 3 heteroatoms. The van der Waals surface area contributed by atoms with Crippen LogP contribution in [0.3, 0.4) is 0 Å². The molecule has 0 radical (unpaired) electrons. The van der Waals surface area contributed by atoms with Crippen molar-refractivity contribution in [1.29, 1.82) is 0 Å². The Balaban J connectivity index is 2.66. The Hall–Kier alpha value is -1.22. The van der Waals surface area contributed by atoms with E-state index < -0.39 is 0 Å². The van der Waals surface area contributed by atoms with Gasteiger partial charge in [-0.3, -0.25) is 0 Å². The maximum atomic E-state index is 5.98. The molecule has 0 heterocycles. The van der Waals surface area contributed by atoms with Gasteiger partial charge in [0, 0.05) is 6.04 Å². The lowest BCUT2D eigenvalue weighted by Crippen LogP contribution is -2.40. The third-order valence-electron chi connectivity index (χ3n) is 3.72. The number of hydrogen-bond donors (Lipinski definition) is 1. The summed E-state index contributed by atoms with van der Waals surface area (Å²) in [4.78, 5) is 0. The number of nitrogens with one attached hydrogen (secondary N) is 1. The maximum absolute atomic E-state index is 5.98. The number of methoxy groups -OCH3 is 1. The van der Waals surface area contributed by atoms with Crippen LogP contribution in [-0.4, -0.2) is 26.3 Å². The molecule has 2 unspecified atom stereocenters. The second kappa shape index (κ2) is 8.85. The quantitative estimate of drug-likeness (QED) is 0.746. The summed E-state index contributed by atoms with van der Waals surface area (Å²) in [6.07, 6.45) is 2.29. The number of aryl methyl sites for hydroxylation is 1. The lowest BCUT2D eigenvalue weighted by Gasteiger charge is -2.25. The van der Waals surface area contributed by atoms with Gasteiger partial charge in [0.2, 0.25) is 0 Å². The first-order valence-electron chi connectivity index (χ1n) is 7.63. The Kier molecular flexibility index (Phi) is 7.45. The van der Waals surface area contributed by atoms with Crippen LogP contribution in [0.4, 0.5) is 0 Å². The van der Waals surface area contributed by atoms with Gasteiger partial charge in [0.15, 0.2) is 11.5 Å². The zero-order valence-electron chi connectivity index (χ0n) is 13.5. The Morgan fingerprint density at radius 3 is 2.55 bits per heavy atom. The van der Waals surface area contributed by atoms with Crippen LogP contribution in [0.1, 0.15) is 39.2 Å². The molecule has 0 aliphatic heterocycles. The minimum Gasteiger partial charge on any atom is -0.493 e. The molecule has 0 spiro atoms. The van der Waals surface area contributed by atoms with Gasteiger partial charge < -0.3 is 14.8 Å². The molecule has 0 aromatic heterocycles. The van der Waals surface area contributed by atoms with Crippen molar-refractivity contribution < 1.29 is 9.47 Å². The van der Waals surface area contributed by atoms with Crippen LogP contribution in [-0.2, 0) is 0 Å². The van der Waals surface area contributed by atoms with Crippen LogP contribution >= 0.6 is 0 Å². The topological polar surface area (TPSA) is 30.5 Å². The van der Waals surface area contributed by atoms with E-state index in [0.29, 0.717) is 18.6 Å². The SMILES string of the molecule is CCCNC(COc1ccc(C)cc1OC)C(C)CC. The van der Waals surface area contributed by atoms with E-state index in [1.165, 1.54) is 5.56 Å². The molecule has 1 aromatic rings. The smallest absolute Gasteiger partial charge is 0.161 e. The molecular formula is C17H29NO2. The van der Waals surface area contributed by atoms with E-state index in [1.807, 2.05) is 12.1 Å². The molecule has 0 aliphatic carbocycles. The fourth-order valence-electron chi connectivity index (χ4n) is 2.11. The second-order valence-electron chi connectivity index (χ2n) is 5.41. The zero-order valence-corrected chi connectivity index (χ0v) is 13.5. The monoisotopic (exact) mass is 279 g/mol. The Bertz CT molecular complexity index is 393. The zero-order chi connectivity index (χ0) is 15.0. The summed E-state index contributed by atoms with van der Waals surface area (Å²) in [5, 5.41) is 3.57. The first-order valence-corrected chi connectivity index (χ1v) is 7.63. The highest BCUT2D eigenvalue weighted by Crippen LogP contribution is 2.28. The molecule has 0 aliphatic rings. The average Bonchev–Trinajstić information content (AvgIpc) is 2.47. The maximum Gasteiger partial charge on any atom is 0.161 e. The molecule has 2 atom stereocenters. The minimum absolute atomic E-state index is 0.381. The van der Waals surface area contributed by atoms with Crippen molar-refractivity contribution in [3.63, 3.8) is 0 Å². The van der Waals surface area contributed by atoms with E-state index in [1.54, 1.807) is 7.11 Å². The largest absolute Gasteiger partial charge is 0.493 e. The molecule has 1 N–H and O–H groups in total. The summed E-state index contributed by atoms with van der Waals surface area (Å²) in [7, 11) is 1.68. The van der Waals surface area contributed by atoms with Gasteiger partial charge in [-0.15, -0.1) is 0 Å². The van der Waals surface area contributed by atoms with Crippen LogP contribution in [0.15, 0.2) is 18.2 Å². The highest BCUT2D eigenvalue weighted by Gasteiger charge is 2.16. The fraction of sp³-hybridized carbons (Fsp3) is 0.647. The van der Waals surface area contributed by atoms with Crippen LogP contribution in [0, 0.1) is 12.8 Å². The highest BCUT2D eigenvalue weighted by atomic mass is 16.5. The molecular weight excluding hydrogens is 250 g/mol. The Labute approximate surface area is 123 Å². The molecule has 0 amide bonds. The number of ether oxygens (including phenoxy) is 2. The van der Waals surface area contributed by atoms with Gasteiger partial charge in [-0.1, -0.05) is 33.3 Å². The lowest BCUT2D eigenvalue weighted by molar-refractivity contribution is 0.213. The Morgan fingerprint density at radius 1 is 1.20 bits per heavy atom. The molecule has 0 saturated heterocycles. The molecule has 3 nitrogen and oxygen atoms in total. The Morgan fingerprint density at radius 2 is 1.95 bits per heavy atom. The number of hydrogen-bond acceptors (Lipinski definition) is 3. The normalized spacial score (nSPS) is 13.8. The van der Waals surface area contributed by atoms with Gasteiger partial charge in [-0.05, 0) is 43.5 Å². The molecule has 1 rings (SSSR count). The van der Waals surface area contributed by atoms with Crippen molar-refractivity contribution in [2.45, 2.75) is 46.6 Å². The fourth-order valence-corrected chi connectivity index (χ4v) is 2.11. The first-order chi connectivity index (χ1) is 9.62. The summed E-state index contributed by atoms with van der Waals surface area (Å²) in [6.45, 7) is 10.4. The van der Waals surface area contributed by atoms with Crippen LogP contribution in [0.5, 0.6) is 11.5 Å².